The standard InChI is InChI=1S/C13H15NO4S/c1-4-8-5-9(13(17)18)12(19-8)14-10(15)6(2)7(3)11(14)16/h5-7H,4H2,1-3H3,(H,17,18). The first-order valence-electron chi connectivity index (χ1n) is 6.12. The number of rotatable bonds is 3. The molecule has 2 atom stereocenters. The SMILES string of the molecule is CCc1cc(C(=O)O)c(N2C(=O)C(C)C(C)C2=O)s1. The summed E-state index contributed by atoms with van der Waals surface area (Å²) < 4.78 is 0. The minimum absolute atomic E-state index is 0.0323. The average Bonchev–Trinajstić information content (AvgIpc) is 2.87. The number of amides is 2. The van der Waals surface area contributed by atoms with Crippen molar-refractivity contribution in [3.63, 3.8) is 0 Å². The van der Waals surface area contributed by atoms with Gasteiger partial charge in [-0.3, -0.25) is 9.59 Å². The lowest BCUT2D eigenvalue weighted by molar-refractivity contribution is -0.122. The quantitative estimate of drug-likeness (QED) is 0.861. The van der Waals surface area contributed by atoms with E-state index in [2.05, 4.69) is 0 Å². The second-order valence-corrected chi connectivity index (χ2v) is 5.79. The maximum atomic E-state index is 12.1. The number of nitrogens with zero attached hydrogens (tertiary/aromatic N) is 1. The van der Waals surface area contributed by atoms with E-state index in [1.165, 1.54) is 17.4 Å². The van der Waals surface area contributed by atoms with Gasteiger partial charge in [0.1, 0.15) is 5.00 Å². The van der Waals surface area contributed by atoms with E-state index < -0.39 is 17.8 Å². The van der Waals surface area contributed by atoms with E-state index in [4.69, 9.17) is 0 Å². The maximum absolute atomic E-state index is 12.1. The van der Waals surface area contributed by atoms with Crippen molar-refractivity contribution in [3.05, 3.63) is 16.5 Å². The molecule has 1 aromatic rings. The van der Waals surface area contributed by atoms with Gasteiger partial charge in [-0.05, 0) is 12.5 Å². The van der Waals surface area contributed by atoms with Crippen LogP contribution in [0.5, 0.6) is 0 Å². The lowest BCUT2D eigenvalue weighted by atomic mass is 10.00. The molecule has 1 saturated heterocycles. The highest BCUT2D eigenvalue weighted by Gasteiger charge is 2.45. The summed E-state index contributed by atoms with van der Waals surface area (Å²) in [7, 11) is 0. The van der Waals surface area contributed by atoms with E-state index in [0.717, 1.165) is 9.78 Å². The van der Waals surface area contributed by atoms with Gasteiger partial charge >= 0.3 is 5.97 Å². The summed E-state index contributed by atoms with van der Waals surface area (Å²) in [4.78, 5) is 37.4. The number of imide groups is 1. The molecule has 2 unspecified atom stereocenters. The first-order chi connectivity index (χ1) is 8.88. The fraction of sp³-hybridized carbons (Fsp3) is 0.462. The molecular formula is C13H15NO4S. The van der Waals surface area contributed by atoms with E-state index in [0.29, 0.717) is 6.42 Å². The van der Waals surface area contributed by atoms with Crippen LogP contribution in [-0.4, -0.2) is 22.9 Å². The van der Waals surface area contributed by atoms with Crippen molar-refractivity contribution >= 4 is 34.1 Å². The molecule has 2 rings (SSSR count). The molecule has 0 bridgehead atoms. The van der Waals surface area contributed by atoms with Gasteiger partial charge in [0, 0.05) is 16.7 Å². The van der Waals surface area contributed by atoms with Crippen molar-refractivity contribution in [3.8, 4) is 0 Å². The summed E-state index contributed by atoms with van der Waals surface area (Å²) in [5.74, 6) is -2.55. The molecule has 0 aliphatic carbocycles. The largest absolute Gasteiger partial charge is 0.478 e. The molecule has 1 aliphatic heterocycles. The highest BCUT2D eigenvalue weighted by atomic mass is 32.1. The van der Waals surface area contributed by atoms with Crippen LogP contribution in [0, 0.1) is 11.8 Å². The first-order valence-corrected chi connectivity index (χ1v) is 6.93. The molecule has 19 heavy (non-hydrogen) atoms. The number of hydrogen-bond donors (Lipinski definition) is 1. The van der Waals surface area contributed by atoms with Crippen LogP contribution in [0.25, 0.3) is 0 Å². The molecule has 2 amide bonds. The third-order valence-electron chi connectivity index (χ3n) is 3.52. The van der Waals surface area contributed by atoms with Gasteiger partial charge in [0.05, 0.1) is 5.56 Å². The molecule has 0 aromatic carbocycles. The second-order valence-electron chi connectivity index (χ2n) is 4.68. The van der Waals surface area contributed by atoms with Gasteiger partial charge in [0.25, 0.3) is 0 Å². The van der Waals surface area contributed by atoms with Crippen LogP contribution in [0.2, 0.25) is 0 Å². The number of thiophene rings is 1. The molecule has 1 aromatic heterocycles. The van der Waals surface area contributed by atoms with Crippen LogP contribution >= 0.6 is 11.3 Å². The van der Waals surface area contributed by atoms with Crippen LogP contribution in [0.3, 0.4) is 0 Å². The van der Waals surface area contributed by atoms with Crippen molar-refractivity contribution in [2.45, 2.75) is 27.2 Å². The molecule has 1 N–H and O–H groups in total. The maximum Gasteiger partial charge on any atom is 0.338 e. The highest BCUT2D eigenvalue weighted by molar-refractivity contribution is 7.17. The number of hydrogen-bond acceptors (Lipinski definition) is 4. The van der Waals surface area contributed by atoms with Gasteiger partial charge in [-0.25, -0.2) is 9.69 Å². The molecule has 1 fully saturated rings. The van der Waals surface area contributed by atoms with E-state index >= 15 is 0 Å². The molecule has 2 heterocycles. The Hall–Kier alpha value is -1.69. The number of carbonyl (C=O) groups is 3. The Morgan fingerprint density at radius 2 is 1.84 bits per heavy atom. The summed E-state index contributed by atoms with van der Waals surface area (Å²) in [6.45, 7) is 5.29. The Morgan fingerprint density at radius 1 is 1.32 bits per heavy atom. The predicted octanol–water partition coefficient (Wildman–Crippen LogP) is 2.15. The summed E-state index contributed by atoms with van der Waals surface area (Å²) in [5.41, 5.74) is 0.0323. The lowest BCUT2D eigenvalue weighted by Gasteiger charge is -2.13. The zero-order valence-corrected chi connectivity index (χ0v) is 11.8. The van der Waals surface area contributed by atoms with Crippen molar-refractivity contribution in [1.82, 2.24) is 0 Å². The van der Waals surface area contributed by atoms with Crippen LogP contribution in [0.15, 0.2) is 6.07 Å². The number of anilines is 1. The summed E-state index contributed by atoms with van der Waals surface area (Å²) >= 11 is 1.20. The zero-order chi connectivity index (χ0) is 14.3. The molecular weight excluding hydrogens is 266 g/mol. The first kappa shape index (κ1) is 13.7. The molecule has 5 nitrogen and oxygen atoms in total. The second kappa shape index (κ2) is 4.77. The number of aryl methyl sites for hydroxylation is 1. The zero-order valence-electron chi connectivity index (χ0n) is 11.0. The van der Waals surface area contributed by atoms with Crippen molar-refractivity contribution in [1.29, 1.82) is 0 Å². The Kier molecular flexibility index (Phi) is 3.45. The monoisotopic (exact) mass is 281 g/mol. The van der Waals surface area contributed by atoms with E-state index in [-0.39, 0.29) is 22.4 Å². The lowest BCUT2D eigenvalue weighted by Crippen LogP contribution is -2.31. The fourth-order valence-electron chi connectivity index (χ4n) is 2.07. The highest BCUT2D eigenvalue weighted by Crippen LogP contribution is 2.38. The number of carboxylic acid groups (broad SMARTS) is 1. The van der Waals surface area contributed by atoms with Gasteiger partial charge in [-0.2, -0.15) is 0 Å². The van der Waals surface area contributed by atoms with Crippen LogP contribution < -0.4 is 4.90 Å². The molecule has 102 valence electrons. The summed E-state index contributed by atoms with van der Waals surface area (Å²) in [5, 5.41) is 9.44. The number of carboxylic acids is 1. The molecule has 1 aliphatic rings. The van der Waals surface area contributed by atoms with E-state index in [1.54, 1.807) is 13.8 Å². The Morgan fingerprint density at radius 3 is 2.26 bits per heavy atom. The van der Waals surface area contributed by atoms with Gasteiger partial charge in [-0.1, -0.05) is 20.8 Å². The number of aromatic carboxylic acids is 1. The minimum Gasteiger partial charge on any atom is -0.478 e. The van der Waals surface area contributed by atoms with Gasteiger partial charge in [0.2, 0.25) is 11.8 Å². The van der Waals surface area contributed by atoms with Crippen molar-refractivity contribution in [2.24, 2.45) is 11.8 Å². The smallest absolute Gasteiger partial charge is 0.338 e. The van der Waals surface area contributed by atoms with E-state index in [1.807, 2.05) is 6.92 Å². The van der Waals surface area contributed by atoms with Crippen LogP contribution in [-0.2, 0) is 16.0 Å². The predicted molar refractivity (Wildman–Crippen MR) is 71.5 cm³/mol. The van der Waals surface area contributed by atoms with Crippen LogP contribution in [0.1, 0.15) is 36.0 Å². The Balaban J connectivity index is 2.53. The Labute approximate surface area is 114 Å². The normalized spacial score (nSPS) is 23.2. The molecule has 0 radical (unpaired) electrons. The molecule has 0 saturated carbocycles. The summed E-state index contributed by atoms with van der Waals surface area (Å²) in [6.07, 6.45) is 0.673. The van der Waals surface area contributed by atoms with Gasteiger partial charge in [0.15, 0.2) is 0 Å². The van der Waals surface area contributed by atoms with Crippen molar-refractivity contribution < 1.29 is 19.5 Å². The fourth-order valence-corrected chi connectivity index (χ4v) is 3.17. The summed E-state index contributed by atoms with van der Waals surface area (Å²) in [6, 6.07) is 1.54. The third-order valence-corrected chi connectivity index (χ3v) is 4.78. The minimum atomic E-state index is -1.11. The molecule has 6 heteroatoms. The van der Waals surface area contributed by atoms with Crippen molar-refractivity contribution in [2.75, 3.05) is 4.90 Å². The van der Waals surface area contributed by atoms with Gasteiger partial charge < -0.3 is 5.11 Å². The number of carbonyl (C=O) groups excluding carboxylic acids is 2. The average molecular weight is 281 g/mol. The Bertz CT molecular complexity index is 543. The molecule has 0 spiro atoms. The van der Waals surface area contributed by atoms with Gasteiger partial charge in [-0.15, -0.1) is 11.3 Å². The topological polar surface area (TPSA) is 74.7 Å². The van der Waals surface area contributed by atoms with E-state index in [9.17, 15) is 19.5 Å². The third kappa shape index (κ3) is 2.06. The van der Waals surface area contributed by atoms with Crippen LogP contribution in [0.4, 0.5) is 5.00 Å².